The number of nitrogens with one attached hydrogen (secondary N) is 1. The number of para-hydroxylation sites is 2. The lowest BCUT2D eigenvalue weighted by Gasteiger charge is -2.09. The van der Waals surface area contributed by atoms with Crippen LogP contribution in [0.4, 0.5) is 11.4 Å². The highest BCUT2D eigenvalue weighted by molar-refractivity contribution is 5.89. The van der Waals surface area contributed by atoms with E-state index in [2.05, 4.69) is 5.32 Å². The number of nitrogen functional groups attached to an aromatic ring is 1. The molecule has 98 valence electrons. The Morgan fingerprint density at radius 3 is 2.74 bits per heavy atom. The second kappa shape index (κ2) is 5.91. The van der Waals surface area contributed by atoms with Gasteiger partial charge in [0, 0.05) is 6.54 Å². The molecule has 0 aliphatic heterocycles. The third kappa shape index (κ3) is 3.25. The molecule has 0 aromatic heterocycles. The van der Waals surface area contributed by atoms with Gasteiger partial charge in [-0.1, -0.05) is 24.3 Å². The maximum Gasteiger partial charge on any atom is 0.337 e. The van der Waals surface area contributed by atoms with Gasteiger partial charge in [0.15, 0.2) is 0 Å². The Morgan fingerprint density at radius 2 is 2.00 bits per heavy atom. The Balaban J connectivity index is 2.08. The van der Waals surface area contributed by atoms with E-state index in [1.54, 1.807) is 12.1 Å². The summed E-state index contributed by atoms with van der Waals surface area (Å²) >= 11 is 0. The van der Waals surface area contributed by atoms with Crippen LogP contribution >= 0.6 is 0 Å². The second-order valence-corrected chi connectivity index (χ2v) is 4.13. The highest BCUT2D eigenvalue weighted by Crippen LogP contribution is 2.18. The lowest BCUT2D eigenvalue weighted by atomic mass is 10.1. The van der Waals surface area contributed by atoms with Crippen molar-refractivity contribution >= 4 is 17.3 Å². The summed E-state index contributed by atoms with van der Waals surface area (Å²) < 4.78 is 4.69. The van der Waals surface area contributed by atoms with Gasteiger partial charge in [-0.15, -0.1) is 0 Å². The van der Waals surface area contributed by atoms with E-state index in [9.17, 15) is 4.79 Å². The van der Waals surface area contributed by atoms with Crippen molar-refractivity contribution < 1.29 is 9.53 Å². The van der Waals surface area contributed by atoms with Crippen molar-refractivity contribution in [2.45, 2.75) is 6.54 Å². The summed E-state index contributed by atoms with van der Waals surface area (Å²) in [4.78, 5) is 11.4. The first-order chi connectivity index (χ1) is 9.20. The van der Waals surface area contributed by atoms with Crippen LogP contribution in [0.25, 0.3) is 0 Å². The van der Waals surface area contributed by atoms with Crippen molar-refractivity contribution in [1.29, 1.82) is 0 Å². The van der Waals surface area contributed by atoms with Crippen LogP contribution in [-0.2, 0) is 11.3 Å². The molecular weight excluding hydrogens is 240 g/mol. The van der Waals surface area contributed by atoms with Crippen LogP contribution in [0.2, 0.25) is 0 Å². The largest absolute Gasteiger partial charge is 0.465 e. The molecule has 0 spiro atoms. The van der Waals surface area contributed by atoms with Gasteiger partial charge in [0.2, 0.25) is 0 Å². The van der Waals surface area contributed by atoms with Gasteiger partial charge >= 0.3 is 5.97 Å². The predicted molar refractivity (Wildman–Crippen MR) is 76.0 cm³/mol. The third-order valence-electron chi connectivity index (χ3n) is 2.79. The van der Waals surface area contributed by atoms with Crippen molar-refractivity contribution in [3.63, 3.8) is 0 Å². The van der Waals surface area contributed by atoms with Gasteiger partial charge in [0.05, 0.1) is 24.0 Å². The van der Waals surface area contributed by atoms with Crippen molar-refractivity contribution in [2.24, 2.45) is 0 Å². The van der Waals surface area contributed by atoms with E-state index in [0.29, 0.717) is 17.8 Å². The third-order valence-corrected chi connectivity index (χ3v) is 2.79. The smallest absolute Gasteiger partial charge is 0.337 e. The fourth-order valence-electron chi connectivity index (χ4n) is 1.78. The minimum atomic E-state index is -0.332. The number of anilines is 2. The molecule has 0 unspecified atom stereocenters. The van der Waals surface area contributed by atoms with Crippen LogP contribution in [0.15, 0.2) is 48.5 Å². The molecule has 3 N–H and O–H groups in total. The standard InChI is InChI=1S/C15H16N2O2/c1-19-15(18)12-6-4-5-11(9-12)10-17-14-8-3-2-7-13(14)16/h2-9,17H,10,16H2,1H3. The van der Waals surface area contributed by atoms with Crippen molar-refractivity contribution in [1.82, 2.24) is 0 Å². The minimum Gasteiger partial charge on any atom is -0.465 e. The molecule has 0 heterocycles. The molecule has 0 bridgehead atoms. The Bertz CT molecular complexity index is 582. The monoisotopic (exact) mass is 256 g/mol. The number of ether oxygens (including phenoxy) is 1. The van der Waals surface area contributed by atoms with Crippen molar-refractivity contribution in [3.8, 4) is 0 Å². The first-order valence-electron chi connectivity index (χ1n) is 5.96. The average molecular weight is 256 g/mol. The van der Waals surface area contributed by atoms with Crippen LogP contribution in [0, 0.1) is 0 Å². The summed E-state index contributed by atoms with van der Waals surface area (Å²) in [5, 5.41) is 3.24. The van der Waals surface area contributed by atoms with E-state index < -0.39 is 0 Å². The van der Waals surface area contributed by atoms with Gasteiger partial charge in [-0.05, 0) is 29.8 Å². The number of methoxy groups -OCH3 is 1. The molecule has 2 aromatic carbocycles. The van der Waals surface area contributed by atoms with E-state index in [1.165, 1.54) is 7.11 Å². The first-order valence-corrected chi connectivity index (χ1v) is 5.96. The SMILES string of the molecule is COC(=O)c1cccc(CNc2ccccc2N)c1. The molecule has 4 heteroatoms. The molecule has 2 rings (SSSR count). The molecule has 0 atom stereocenters. The Kier molecular flexibility index (Phi) is 4.03. The van der Waals surface area contributed by atoms with E-state index in [4.69, 9.17) is 10.5 Å². The maximum absolute atomic E-state index is 11.4. The highest BCUT2D eigenvalue weighted by Gasteiger charge is 2.05. The number of hydrogen-bond acceptors (Lipinski definition) is 4. The molecule has 0 saturated carbocycles. The quantitative estimate of drug-likeness (QED) is 0.652. The minimum absolute atomic E-state index is 0.332. The normalized spacial score (nSPS) is 9.95. The van der Waals surface area contributed by atoms with Crippen LogP contribution in [0.5, 0.6) is 0 Å². The van der Waals surface area contributed by atoms with Gasteiger partial charge < -0.3 is 15.8 Å². The van der Waals surface area contributed by atoms with Gasteiger partial charge in [0.25, 0.3) is 0 Å². The molecular formula is C15H16N2O2. The van der Waals surface area contributed by atoms with Crippen LogP contribution < -0.4 is 11.1 Å². The maximum atomic E-state index is 11.4. The Labute approximate surface area is 112 Å². The Hall–Kier alpha value is -2.49. The summed E-state index contributed by atoms with van der Waals surface area (Å²) in [6, 6.07) is 14.9. The molecule has 0 fully saturated rings. The van der Waals surface area contributed by atoms with E-state index in [1.807, 2.05) is 36.4 Å². The number of esters is 1. The molecule has 19 heavy (non-hydrogen) atoms. The summed E-state index contributed by atoms with van der Waals surface area (Å²) in [6.45, 7) is 0.596. The van der Waals surface area contributed by atoms with E-state index >= 15 is 0 Å². The molecule has 0 saturated heterocycles. The summed E-state index contributed by atoms with van der Waals surface area (Å²) in [5.74, 6) is -0.332. The van der Waals surface area contributed by atoms with Crippen LogP contribution in [0.3, 0.4) is 0 Å². The van der Waals surface area contributed by atoms with Crippen LogP contribution in [-0.4, -0.2) is 13.1 Å². The van der Waals surface area contributed by atoms with Gasteiger partial charge in [0.1, 0.15) is 0 Å². The molecule has 0 amide bonds. The molecule has 4 nitrogen and oxygen atoms in total. The van der Waals surface area contributed by atoms with Gasteiger partial charge in [-0.25, -0.2) is 4.79 Å². The fraction of sp³-hybridized carbons (Fsp3) is 0.133. The molecule has 0 aliphatic carbocycles. The molecule has 0 aliphatic rings. The highest BCUT2D eigenvalue weighted by atomic mass is 16.5. The second-order valence-electron chi connectivity index (χ2n) is 4.13. The summed E-state index contributed by atoms with van der Waals surface area (Å²) in [6.07, 6.45) is 0. The predicted octanol–water partition coefficient (Wildman–Crippen LogP) is 2.67. The lowest BCUT2D eigenvalue weighted by molar-refractivity contribution is 0.0600. The Morgan fingerprint density at radius 1 is 1.21 bits per heavy atom. The number of benzene rings is 2. The number of hydrogen-bond donors (Lipinski definition) is 2. The number of carbonyl (C=O) groups excluding carboxylic acids is 1. The average Bonchev–Trinajstić information content (AvgIpc) is 2.46. The zero-order valence-electron chi connectivity index (χ0n) is 10.7. The zero-order valence-corrected chi connectivity index (χ0v) is 10.7. The van der Waals surface area contributed by atoms with Crippen molar-refractivity contribution in [3.05, 3.63) is 59.7 Å². The van der Waals surface area contributed by atoms with E-state index in [-0.39, 0.29) is 5.97 Å². The van der Waals surface area contributed by atoms with Crippen LogP contribution in [0.1, 0.15) is 15.9 Å². The van der Waals surface area contributed by atoms with Gasteiger partial charge in [-0.2, -0.15) is 0 Å². The number of nitrogens with two attached hydrogens (primary N) is 1. The topological polar surface area (TPSA) is 64.3 Å². The zero-order chi connectivity index (χ0) is 13.7. The van der Waals surface area contributed by atoms with Gasteiger partial charge in [-0.3, -0.25) is 0 Å². The number of rotatable bonds is 4. The molecule has 0 radical (unpaired) electrons. The number of carbonyl (C=O) groups is 1. The first kappa shape index (κ1) is 13.0. The van der Waals surface area contributed by atoms with Crippen molar-refractivity contribution in [2.75, 3.05) is 18.2 Å². The lowest BCUT2D eigenvalue weighted by Crippen LogP contribution is -2.05. The summed E-state index contributed by atoms with van der Waals surface area (Å²) in [5.41, 5.74) is 8.96. The fourth-order valence-corrected chi connectivity index (χ4v) is 1.78. The van der Waals surface area contributed by atoms with E-state index in [0.717, 1.165) is 11.3 Å². The summed E-state index contributed by atoms with van der Waals surface area (Å²) in [7, 11) is 1.37. The molecule has 2 aromatic rings.